The largest absolute Gasteiger partial charge is 0.195 e. The molecule has 0 nitrogen and oxygen atoms in total. The second kappa shape index (κ2) is 2.87. The fraction of sp³-hybridized carbons (Fsp3) is 0.500. The van der Waals surface area contributed by atoms with Gasteiger partial charge in [-0.3, -0.25) is 0 Å². The molecule has 0 aliphatic heterocycles. The molecular weight excluding hydrogens is 227 g/mol. The van der Waals surface area contributed by atoms with Crippen molar-refractivity contribution in [2.24, 2.45) is 0 Å². The van der Waals surface area contributed by atoms with Crippen molar-refractivity contribution in [1.29, 1.82) is 0 Å². The first kappa shape index (κ1) is 9.20. The Kier molecular flexibility index (Phi) is 2.40. The van der Waals surface area contributed by atoms with Crippen LogP contribution in [0.5, 0.6) is 0 Å². The maximum atomic E-state index is 12.7. The predicted octanol–water partition coefficient (Wildman–Crippen LogP) is 3.95. The Bertz CT molecular complexity index is 260. The van der Waals surface area contributed by atoms with Gasteiger partial charge in [0.05, 0.1) is 0 Å². The van der Waals surface area contributed by atoms with Crippen LogP contribution in [0.1, 0.15) is 25.6 Å². The van der Waals surface area contributed by atoms with Crippen LogP contribution in [0.4, 0.5) is 4.39 Å². The quantitative estimate of drug-likeness (QED) is 0.640. The zero-order valence-electron chi connectivity index (χ0n) is 6.74. The highest BCUT2D eigenvalue weighted by atomic mass is 79.9. The zero-order valence-corrected chi connectivity index (χ0v) is 9.14. The summed E-state index contributed by atoms with van der Waals surface area (Å²) < 4.78 is 13.6. The Morgan fingerprint density at radius 1 is 1.45 bits per heavy atom. The molecule has 0 saturated heterocycles. The molecule has 0 unspecified atom stereocenters. The summed E-state index contributed by atoms with van der Waals surface area (Å²) in [5.41, 5.74) is 0.0356. The first-order valence-electron chi connectivity index (χ1n) is 3.36. The number of hydrogen-bond acceptors (Lipinski definition) is 1. The number of halogens is 2. The third kappa shape index (κ3) is 2.03. The van der Waals surface area contributed by atoms with E-state index in [1.165, 1.54) is 17.4 Å². The van der Waals surface area contributed by atoms with E-state index in [-0.39, 0.29) is 10.5 Å². The van der Waals surface area contributed by atoms with Gasteiger partial charge in [-0.2, -0.15) is 4.39 Å². The van der Waals surface area contributed by atoms with Crippen LogP contribution in [-0.2, 0) is 5.41 Å². The van der Waals surface area contributed by atoms with Crippen molar-refractivity contribution in [1.82, 2.24) is 0 Å². The average molecular weight is 237 g/mol. The molecule has 1 rings (SSSR count). The van der Waals surface area contributed by atoms with Crippen LogP contribution in [0.2, 0.25) is 0 Å². The maximum absolute atomic E-state index is 12.7. The van der Waals surface area contributed by atoms with Crippen LogP contribution in [0, 0.1) is 5.13 Å². The third-order valence-electron chi connectivity index (χ3n) is 1.34. The van der Waals surface area contributed by atoms with Crippen molar-refractivity contribution in [3.05, 3.63) is 20.5 Å². The van der Waals surface area contributed by atoms with Gasteiger partial charge in [0.1, 0.15) is 0 Å². The Morgan fingerprint density at radius 3 is 2.18 bits per heavy atom. The molecule has 0 N–H and O–H groups in total. The van der Waals surface area contributed by atoms with Gasteiger partial charge in [-0.25, -0.2) is 0 Å². The summed E-state index contributed by atoms with van der Waals surface area (Å²) in [7, 11) is 0. The first-order chi connectivity index (χ1) is 4.91. The Labute approximate surface area is 78.6 Å². The molecule has 0 aliphatic rings. The molecule has 62 valence electrons. The minimum Gasteiger partial charge on any atom is -0.195 e. The van der Waals surface area contributed by atoms with Crippen LogP contribution in [0.15, 0.2) is 10.5 Å². The van der Waals surface area contributed by atoms with Gasteiger partial charge in [-0.05, 0) is 27.4 Å². The van der Waals surface area contributed by atoms with Gasteiger partial charge in [0.2, 0.25) is 0 Å². The van der Waals surface area contributed by atoms with Gasteiger partial charge in [0.25, 0.3) is 0 Å². The lowest BCUT2D eigenvalue weighted by Gasteiger charge is -2.16. The molecule has 11 heavy (non-hydrogen) atoms. The standard InChI is InChI=1S/C8H10BrFS/c1-8(2,3)7-5(9)4-6(10)11-7/h4H,1-3H3. The number of rotatable bonds is 0. The van der Waals surface area contributed by atoms with Crippen LogP contribution < -0.4 is 0 Å². The molecule has 0 saturated carbocycles. The monoisotopic (exact) mass is 236 g/mol. The van der Waals surface area contributed by atoms with E-state index in [1.54, 1.807) is 0 Å². The van der Waals surface area contributed by atoms with E-state index in [0.29, 0.717) is 0 Å². The molecule has 0 atom stereocenters. The summed E-state index contributed by atoms with van der Waals surface area (Å²) in [5.74, 6) is 0. The van der Waals surface area contributed by atoms with E-state index < -0.39 is 0 Å². The van der Waals surface area contributed by atoms with Crippen molar-refractivity contribution in [2.75, 3.05) is 0 Å². The zero-order chi connectivity index (χ0) is 8.65. The van der Waals surface area contributed by atoms with E-state index in [2.05, 4.69) is 36.7 Å². The second-order valence-corrected chi connectivity index (χ2v) is 5.33. The van der Waals surface area contributed by atoms with Crippen molar-refractivity contribution >= 4 is 27.3 Å². The molecule has 0 radical (unpaired) electrons. The molecule has 1 heterocycles. The highest BCUT2D eigenvalue weighted by molar-refractivity contribution is 9.10. The Morgan fingerprint density at radius 2 is 2.00 bits per heavy atom. The fourth-order valence-corrected chi connectivity index (χ4v) is 2.88. The van der Waals surface area contributed by atoms with Gasteiger partial charge in [-0.15, -0.1) is 11.3 Å². The van der Waals surface area contributed by atoms with E-state index in [4.69, 9.17) is 0 Å². The smallest absolute Gasteiger partial charge is 0.177 e. The lowest BCUT2D eigenvalue weighted by Crippen LogP contribution is -2.08. The molecule has 0 fully saturated rings. The Hall–Kier alpha value is 0.110. The summed E-state index contributed by atoms with van der Waals surface area (Å²) in [5, 5.41) is -0.123. The summed E-state index contributed by atoms with van der Waals surface area (Å²) in [6, 6.07) is 1.52. The summed E-state index contributed by atoms with van der Waals surface area (Å²) in [4.78, 5) is 1.06. The van der Waals surface area contributed by atoms with Gasteiger partial charge < -0.3 is 0 Å². The Balaban J connectivity index is 3.13. The van der Waals surface area contributed by atoms with Gasteiger partial charge in [-0.1, -0.05) is 20.8 Å². The third-order valence-corrected chi connectivity index (χ3v) is 3.58. The van der Waals surface area contributed by atoms with Crippen molar-refractivity contribution in [3.63, 3.8) is 0 Å². The summed E-state index contributed by atoms with van der Waals surface area (Å²) in [6.45, 7) is 6.22. The maximum Gasteiger partial charge on any atom is 0.177 e. The molecule has 1 aromatic rings. The van der Waals surface area contributed by atoms with Crippen molar-refractivity contribution in [2.45, 2.75) is 26.2 Å². The average Bonchev–Trinajstić information content (AvgIpc) is 2.08. The normalized spacial score (nSPS) is 12.1. The number of thiophene rings is 1. The molecular formula is C8H10BrFS. The van der Waals surface area contributed by atoms with Crippen LogP contribution in [0.25, 0.3) is 0 Å². The fourth-order valence-electron chi connectivity index (χ4n) is 0.852. The van der Waals surface area contributed by atoms with Crippen LogP contribution >= 0.6 is 27.3 Å². The molecule has 0 aromatic carbocycles. The highest BCUT2D eigenvalue weighted by Crippen LogP contribution is 2.35. The summed E-state index contributed by atoms with van der Waals surface area (Å²) >= 11 is 4.53. The lowest BCUT2D eigenvalue weighted by molar-refractivity contribution is 0.601. The van der Waals surface area contributed by atoms with Crippen molar-refractivity contribution < 1.29 is 4.39 Å². The van der Waals surface area contributed by atoms with Crippen molar-refractivity contribution in [3.8, 4) is 0 Å². The number of hydrogen-bond donors (Lipinski definition) is 0. The topological polar surface area (TPSA) is 0 Å². The highest BCUT2D eigenvalue weighted by Gasteiger charge is 2.20. The molecule has 3 heteroatoms. The molecule has 0 bridgehead atoms. The lowest BCUT2D eigenvalue weighted by atomic mass is 9.95. The molecule has 1 aromatic heterocycles. The first-order valence-corrected chi connectivity index (χ1v) is 4.97. The molecule has 0 amide bonds. The van der Waals surface area contributed by atoms with Crippen LogP contribution in [-0.4, -0.2) is 0 Å². The molecule has 0 aliphatic carbocycles. The van der Waals surface area contributed by atoms with E-state index in [9.17, 15) is 4.39 Å². The van der Waals surface area contributed by atoms with E-state index in [0.717, 1.165) is 9.35 Å². The minimum atomic E-state index is -0.123. The van der Waals surface area contributed by atoms with Gasteiger partial charge in [0.15, 0.2) is 5.13 Å². The minimum absolute atomic E-state index is 0.0356. The van der Waals surface area contributed by atoms with Gasteiger partial charge in [0, 0.05) is 9.35 Å². The van der Waals surface area contributed by atoms with Crippen LogP contribution in [0.3, 0.4) is 0 Å². The second-order valence-electron chi connectivity index (χ2n) is 3.48. The van der Waals surface area contributed by atoms with E-state index >= 15 is 0 Å². The predicted molar refractivity (Wildman–Crippen MR) is 50.7 cm³/mol. The van der Waals surface area contributed by atoms with Gasteiger partial charge >= 0.3 is 0 Å². The van der Waals surface area contributed by atoms with E-state index in [1.807, 2.05) is 0 Å². The SMILES string of the molecule is CC(C)(C)c1sc(F)cc1Br. The summed E-state index contributed by atoms with van der Waals surface area (Å²) in [6.07, 6.45) is 0. The molecule has 0 spiro atoms.